The van der Waals surface area contributed by atoms with Gasteiger partial charge >= 0.3 is 0 Å². The minimum atomic E-state index is -0.250. The second kappa shape index (κ2) is 7.18. The molecule has 2 nitrogen and oxygen atoms in total. The first-order chi connectivity index (χ1) is 11.1. The lowest BCUT2D eigenvalue weighted by Crippen LogP contribution is -2.29. The SMILES string of the molecule is O=C(NC(c1ccccc1)c1ccccc1)c1cc(Cl)sc1Cl. The molecule has 0 bridgehead atoms. The van der Waals surface area contributed by atoms with Crippen molar-refractivity contribution in [3.05, 3.63) is 92.1 Å². The van der Waals surface area contributed by atoms with Crippen molar-refractivity contribution in [1.82, 2.24) is 5.32 Å². The van der Waals surface area contributed by atoms with Crippen LogP contribution in [0.5, 0.6) is 0 Å². The van der Waals surface area contributed by atoms with Gasteiger partial charge in [0.25, 0.3) is 5.91 Å². The van der Waals surface area contributed by atoms with Crippen molar-refractivity contribution >= 4 is 40.4 Å². The summed E-state index contributed by atoms with van der Waals surface area (Å²) in [5.74, 6) is -0.240. The van der Waals surface area contributed by atoms with E-state index in [4.69, 9.17) is 23.2 Å². The van der Waals surface area contributed by atoms with Crippen LogP contribution in [-0.2, 0) is 0 Å². The van der Waals surface area contributed by atoms with Crippen LogP contribution < -0.4 is 5.32 Å². The molecule has 23 heavy (non-hydrogen) atoms. The smallest absolute Gasteiger partial charge is 0.254 e. The highest BCUT2D eigenvalue weighted by Gasteiger charge is 2.20. The monoisotopic (exact) mass is 361 g/mol. The van der Waals surface area contributed by atoms with Gasteiger partial charge in [-0.3, -0.25) is 4.79 Å². The predicted octanol–water partition coefficient (Wildman–Crippen LogP) is 5.57. The van der Waals surface area contributed by atoms with Crippen LogP contribution >= 0.6 is 34.5 Å². The Hall–Kier alpha value is -1.81. The van der Waals surface area contributed by atoms with Gasteiger partial charge in [0.2, 0.25) is 0 Å². The molecule has 0 saturated heterocycles. The summed E-state index contributed by atoms with van der Waals surface area (Å²) in [6.07, 6.45) is 0. The number of rotatable bonds is 4. The molecule has 0 aliphatic rings. The number of hydrogen-bond acceptors (Lipinski definition) is 2. The van der Waals surface area contributed by atoms with E-state index in [9.17, 15) is 4.79 Å². The van der Waals surface area contributed by atoms with Crippen molar-refractivity contribution in [2.75, 3.05) is 0 Å². The zero-order chi connectivity index (χ0) is 16.2. The van der Waals surface area contributed by atoms with Crippen LogP contribution in [-0.4, -0.2) is 5.91 Å². The van der Waals surface area contributed by atoms with Crippen molar-refractivity contribution in [1.29, 1.82) is 0 Å². The molecule has 1 N–H and O–H groups in total. The lowest BCUT2D eigenvalue weighted by Gasteiger charge is -2.19. The number of carbonyl (C=O) groups is 1. The van der Waals surface area contributed by atoms with E-state index in [0.29, 0.717) is 14.2 Å². The van der Waals surface area contributed by atoms with E-state index in [1.165, 1.54) is 11.3 Å². The van der Waals surface area contributed by atoms with Crippen LogP contribution in [0.25, 0.3) is 0 Å². The average molecular weight is 362 g/mol. The highest BCUT2D eigenvalue weighted by atomic mass is 35.5. The van der Waals surface area contributed by atoms with Gasteiger partial charge in [-0.1, -0.05) is 83.9 Å². The summed E-state index contributed by atoms with van der Waals surface area (Å²) in [6.45, 7) is 0. The zero-order valence-corrected chi connectivity index (χ0v) is 14.3. The van der Waals surface area contributed by atoms with E-state index < -0.39 is 0 Å². The summed E-state index contributed by atoms with van der Waals surface area (Å²) in [6, 6.07) is 21.0. The van der Waals surface area contributed by atoms with Crippen LogP contribution in [0.4, 0.5) is 0 Å². The van der Waals surface area contributed by atoms with Crippen molar-refractivity contribution in [2.45, 2.75) is 6.04 Å². The Balaban J connectivity index is 1.93. The Morgan fingerprint density at radius 2 is 1.43 bits per heavy atom. The summed E-state index contributed by atoms with van der Waals surface area (Å²) in [7, 11) is 0. The minimum Gasteiger partial charge on any atom is -0.341 e. The second-order valence-electron chi connectivity index (χ2n) is 4.97. The standard InChI is InChI=1S/C18H13Cl2NOS/c19-15-11-14(17(20)23-15)18(22)21-16(12-7-3-1-4-8-12)13-9-5-2-6-10-13/h1-11,16H,(H,21,22). The number of thiophene rings is 1. The van der Waals surface area contributed by atoms with E-state index in [2.05, 4.69) is 5.32 Å². The molecular weight excluding hydrogens is 349 g/mol. The minimum absolute atomic E-state index is 0.240. The second-order valence-corrected chi connectivity index (χ2v) is 7.25. The van der Waals surface area contributed by atoms with E-state index in [1.807, 2.05) is 60.7 Å². The molecule has 0 atom stereocenters. The molecule has 3 aromatic rings. The lowest BCUT2D eigenvalue weighted by molar-refractivity contribution is 0.0943. The van der Waals surface area contributed by atoms with E-state index >= 15 is 0 Å². The highest BCUT2D eigenvalue weighted by Crippen LogP contribution is 2.32. The van der Waals surface area contributed by atoms with Crippen LogP contribution in [0.3, 0.4) is 0 Å². The fourth-order valence-corrected chi connectivity index (χ4v) is 3.81. The Labute approximate surface area is 148 Å². The maximum atomic E-state index is 12.6. The molecule has 3 rings (SSSR count). The van der Waals surface area contributed by atoms with Crippen LogP contribution in [0.2, 0.25) is 8.67 Å². The third kappa shape index (κ3) is 3.75. The molecule has 0 fully saturated rings. The van der Waals surface area contributed by atoms with Crippen molar-refractivity contribution in [3.8, 4) is 0 Å². The number of hydrogen-bond donors (Lipinski definition) is 1. The molecular formula is C18H13Cl2NOS. The highest BCUT2D eigenvalue weighted by molar-refractivity contribution is 7.20. The van der Waals surface area contributed by atoms with Gasteiger partial charge in [0, 0.05) is 0 Å². The first kappa shape index (κ1) is 16.1. The van der Waals surface area contributed by atoms with Gasteiger partial charge < -0.3 is 5.32 Å². The van der Waals surface area contributed by atoms with Crippen molar-refractivity contribution < 1.29 is 4.79 Å². The van der Waals surface area contributed by atoms with Crippen LogP contribution in [0, 0.1) is 0 Å². The largest absolute Gasteiger partial charge is 0.341 e. The summed E-state index contributed by atoms with van der Waals surface area (Å²) in [4.78, 5) is 12.6. The molecule has 5 heteroatoms. The topological polar surface area (TPSA) is 29.1 Å². The fraction of sp³-hybridized carbons (Fsp3) is 0.0556. The average Bonchev–Trinajstić information content (AvgIpc) is 2.92. The number of halogens is 2. The molecule has 0 unspecified atom stereocenters. The summed E-state index contributed by atoms with van der Waals surface area (Å²) in [5.41, 5.74) is 2.41. The van der Waals surface area contributed by atoms with Gasteiger partial charge in [0.15, 0.2) is 0 Å². The molecule has 0 radical (unpaired) electrons. The first-order valence-electron chi connectivity index (χ1n) is 7.01. The zero-order valence-electron chi connectivity index (χ0n) is 12.0. The Morgan fingerprint density at radius 1 is 0.913 bits per heavy atom. The Kier molecular flexibility index (Phi) is 5.01. The van der Waals surface area contributed by atoms with E-state index in [0.717, 1.165) is 11.1 Å². The molecule has 0 saturated carbocycles. The maximum absolute atomic E-state index is 12.6. The van der Waals surface area contributed by atoms with Crippen LogP contribution in [0.15, 0.2) is 66.7 Å². The van der Waals surface area contributed by atoms with E-state index in [-0.39, 0.29) is 11.9 Å². The first-order valence-corrected chi connectivity index (χ1v) is 8.58. The molecule has 116 valence electrons. The lowest BCUT2D eigenvalue weighted by atomic mass is 9.98. The van der Waals surface area contributed by atoms with Gasteiger partial charge in [-0.25, -0.2) is 0 Å². The third-order valence-corrected chi connectivity index (χ3v) is 4.93. The van der Waals surface area contributed by atoms with Crippen molar-refractivity contribution in [3.63, 3.8) is 0 Å². The number of amides is 1. The Morgan fingerprint density at radius 3 is 1.87 bits per heavy atom. The Bertz CT molecular complexity index is 763. The maximum Gasteiger partial charge on any atom is 0.254 e. The molecule has 1 aromatic heterocycles. The molecule has 1 amide bonds. The van der Waals surface area contributed by atoms with Gasteiger partial charge in [0.05, 0.1) is 15.9 Å². The van der Waals surface area contributed by atoms with E-state index in [1.54, 1.807) is 6.07 Å². The summed E-state index contributed by atoms with van der Waals surface area (Å²) < 4.78 is 0.892. The number of carbonyl (C=O) groups excluding carboxylic acids is 1. The van der Waals surface area contributed by atoms with Gasteiger partial charge in [0.1, 0.15) is 4.34 Å². The fourth-order valence-electron chi connectivity index (χ4n) is 2.35. The van der Waals surface area contributed by atoms with Gasteiger partial charge in [-0.2, -0.15) is 0 Å². The molecule has 0 spiro atoms. The molecule has 0 aliphatic carbocycles. The molecule has 1 heterocycles. The van der Waals surface area contributed by atoms with Crippen molar-refractivity contribution in [2.24, 2.45) is 0 Å². The number of benzene rings is 2. The number of nitrogens with one attached hydrogen (secondary N) is 1. The molecule has 2 aromatic carbocycles. The predicted molar refractivity (Wildman–Crippen MR) is 96.5 cm³/mol. The van der Waals surface area contributed by atoms with Gasteiger partial charge in [-0.15, -0.1) is 11.3 Å². The van der Waals surface area contributed by atoms with Gasteiger partial charge in [-0.05, 0) is 17.2 Å². The van der Waals surface area contributed by atoms with Crippen LogP contribution in [0.1, 0.15) is 27.5 Å². The summed E-state index contributed by atoms with van der Waals surface area (Å²) >= 11 is 13.2. The molecule has 0 aliphatic heterocycles. The normalized spacial score (nSPS) is 10.7. The summed E-state index contributed by atoms with van der Waals surface area (Å²) in [5, 5.41) is 3.04. The third-order valence-electron chi connectivity index (χ3n) is 3.44. The quantitative estimate of drug-likeness (QED) is 0.646.